The Hall–Kier alpha value is -3.52. The molecule has 0 radical (unpaired) electrons. The first-order chi connectivity index (χ1) is 15.0. The minimum Gasteiger partial charge on any atom is -0.358 e. The number of hydrogen-bond acceptors (Lipinski definition) is 1. The topological polar surface area (TPSA) is 19.0 Å². The molecule has 0 aliphatic rings. The number of H-pyrrole nitrogens is 1. The van der Waals surface area contributed by atoms with Gasteiger partial charge in [-0.1, -0.05) is 53.1 Å². The Balaban J connectivity index is 1.92. The minimum atomic E-state index is 0.822. The van der Waals surface area contributed by atoms with Crippen molar-refractivity contribution < 1.29 is 0 Å². The lowest BCUT2D eigenvalue weighted by Crippen LogP contribution is -2.09. The molecule has 0 saturated heterocycles. The number of aromatic amines is 1. The number of hydrogen-bond donors (Lipinski definition) is 1. The second-order valence-corrected chi connectivity index (χ2v) is 8.47. The number of fused-ring (bicyclic) bond motifs is 1. The fraction of sp³-hybridized carbons (Fsp3) is 0.172. The highest BCUT2D eigenvalue weighted by molar-refractivity contribution is 5.95. The third-order valence-electron chi connectivity index (χ3n) is 5.53. The van der Waals surface area contributed by atoms with E-state index in [0.29, 0.717) is 0 Å². The number of allylic oxidation sites excluding steroid dienone is 2. The van der Waals surface area contributed by atoms with Crippen LogP contribution in [-0.4, -0.2) is 4.98 Å². The molecule has 1 N–H and O–H groups in total. The van der Waals surface area contributed by atoms with Crippen molar-refractivity contribution in [3.63, 3.8) is 0 Å². The van der Waals surface area contributed by atoms with Crippen LogP contribution in [0.4, 0.5) is 17.1 Å². The molecule has 2 nitrogen and oxygen atoms in total. The highest BCUT2D eigenvalue weighted by Gasteiger charge is 2.15. The van der Waals surface area contributed by atoms with Gasteiger partial charge in [0.15, 0.2) is 0 Å². The lowest BCUT2D eigenvalue weighted by Gasteiger charge is -2.26. The van der Waals surface area contributed by atoms with Crippen LogP contribution < -0.4 is 4.90 Å². The van der Waals surface area contributed by atoms with Crippen molar-refractivity contribution in [2.45, 2.75) is 34.1 Å². The van der Waals surface area contributed by atoms with Crippen molar-refractivity contribution >= 4 is 34.0 Å². The van der Waals surface area contributed by atoms with Gasteiger partial charge in [-0.15, -0.1) is 6.58 Å². The van der Waals surface area contributed by atoms with Crippen LogP contribution in [0.1, 0.15) is 36.2 Å². The van der Waals surface area contributed by atoms with Gasteiger partial charge in [0, 0.05) is 45.6 Å². The van der Waals surface area contributed by atoms with Crippen molar-refractivity contribution in [3.05, 3.63) is 107 Å². The molecule has 4 aromatic rings. The standard InChI is InChI=1S/C29H30N2/c1-6-7-28-26(18-20(2)3)27-19-25(16-17-29(27)30-28)31(23-12-8-21(4)9-13-23)24-14-10-22(5)11-15-24/h6,8-19,30H,1,7H2,2-5H3. The smallest absolute Gasteiger partial charge is 0.0469 e. The predicted molar refractivity (Wildman–Crippen MR) is 136 cm³/mol. The highest BCUT2D eigenvalue weighted by Crippen LogP contribution is 2.37. The number of nitrogens with one attached hydrogen (secondary N) is 1. The first-order valence-corrected chi connectivity index (χ1v) is 10.8. The fourth-order valence-electron chi connectivity index (χ4n) is 3.99. The summed E-state index contributed by atoms with van der Waals surface area (Å²) in [5, 5.41) is 1.24. The Morgan fingerprint density at radius 3 is 1.90 bits per heavy atom. The van der Waals surface area contributed by atoms with Crippen LogP contribution >= 0.6 is 0 Å². The van der Waals surface area contributed by atoms with Crippen LogP contribution in [0, 0.1) is 13.8 Å². The Morgan fingerprint density at radius 2 is 1.39 bits per heavy atom. The van der Waals surface area contributed by atoms with E-state index in [4.69, 9.17) is 0 Å². The summed E-state index contributed by atoms with van der Waals surface area (Å²) in [6, 6.07) is 24.1. The average Bonchev–Trinajstić information content (AvgIpc) is 3.07. The van der Waals surface area contributed by atoms with E-state index >= 15 is 0 Å². The van der Waals surface area contributed by atoms with E-state index in [1.165, 1.54) is 33.3 Å². The monoisotopic (exact) mass is 406 g/mol. The molecule has 0 aliphatic heterocycles. The van der Waals surface area contributed by atoms with Crippen LogP contribution in [-0.2, 0) is 6.42 Å². The fourth-order valence-corrected chi connectivity index (χ4v) is 3.99. The summed E-state index contributed by atoms with van der Waals surface area (Å²) in [5.74, 6) is 0. The molecule has 0 bridgehead atoms. The quantitative estimate of drug-likeness (QED) is 0.318. The molecule has 0 aliphatic carbocycles. The number of aryl methyl sites for hydroxylation is 2. The van der Waals surface area contributed by atoms with Gasteiger partial charge < -0.3 is 9.88 Å². The van der Waals surface area contributed by atoms with Crippen LogP contribution in [0.15, 0.2) is 85.0 Å². The number of anilines is 3. The van der Waals surface area contributed by atoms with E-state index < -0.39 is 0 Å². The molecule has 156 valence electrons. The maximum Gasteiger partial charge on any atom is 0.0469 e. The maximum atomic E-state index is 3.94. The van der Waals surface area contributed by atoms with Crippen molar-refractivity contribution in [1.82, 2.24) is 4.98 Å². The Morgan fingerprint density at radius 1 is 0.839 bits per heavy atom. The molecule has 4 rings (SSSR count). The molecule has 0 spiro atoms. The molecule has 3 aromatic carbocycles. The predicted octanol–water partition coefficient (Wildman–Crippen LogP) is 8.41. The summed E-state index contributed by atoms with van der Waals surface area (Å²) in [5.41, 5.74) is 10.9. The van der Waals surface area contributed by atoms with Crippen molar-refractivity contribution in [3.8, 4) is 0 Å². The Labute approximate surface area is 185 Å². The van der Waals surface area contributed by atoms with Gasteiger partial charge in [-0.05, 0) is 70.2 Å². The molecule has 2 heteroatoms. The molecular weight excluding hydrogens is 376 g/mol. The van der Waals surface area contributed by atoms with Crippen molar-refractivity contribution in [2.24, 2.45) is 0 Å². The highest BCUT2D eigenvalue weighted by atomic mass is 15.1. The molecule has 1 aromatic heterocycles. The summed E-state index contributed by atoms with van der Waals surface area (Å²) < 4.78 is 0. The second-order valence-electron chi connectivity index (χ2n) is 8.47. The van der Waals surface area contributed by atoms with E-state index in [1.807, 2.05) is 6.08 Å². The van der Waals surface area contributed by atoms with Gasteiger partial charge in [-0.2, -0.15) is 0 Å². The van der Waals surface area contributed by atoms with Gasteiger partial charge in [-0.25, -0.2) is 0 Å². The van der Waals surface area contributed by atoms with Crippen molar-refractivity contribution in [1.29, 1.82) is 0 Å². The van der Waals surface area contributed by atoms with Gasteiger partial charge in [0.1, 0.15) is 0 Å². The molecule has 0 saturated carbocycles. The summed E-state index contributed by atoms with van der Waals surface area (Å²) >= 11 is 0. The van der Waals surface area contributed by atoms with Crippen LogP contribution in [0.2, 0.25) is 0 Å². The van der Waals surface area contributed by atoms with Gasteiger partial charge in [0.2, 0.25) is 0 Å². The van der Waals surface area contributed by atoms with E-state index in [2.05, 4.69) is 117 Å². The first-order valence-electron chi connectivity index (χ1n) is 10.8. The Bertz CT molecular complexity index is 1190. The largest absolute Gasteiger partial charge is 0.358 e. The summed E-state index contributed by atoms with van der Waals surface area (Å²) in [4.78, 5) is 5.92. The molecule has 1 heterocycles. The van der Waals surface area contributed by atoms with Crippen LogP contribution in [0.5, 0.6) is 0 Å². The lowest BCUT2D eigenvalue weighted by atomic mass is 10.0. The summed E-state index contributed by atoms with van der Waals surface area (Å²) in [6.45, 7) is 12.5. The van der Waals surface area contributed by atoms with Gasteiger partial charge in [-0.3, -0.25) is 0 Å². The lowest BCUT2D eigenvalue weighted by molar-refractivity contribution is 1.16. The van der Waals surface area contributed by atoms with Crippen LogP contribution in [0.25, 0.3) is 17.0 Å². The number of rotatable bonds is 6. The number of nitrogens with zero attached hydrogens (tertiary/aromatic N) is 1. The minimum absolute atomic E-state index is 0.822. The summed E-state index contributed by atoms with van der Waals surface area (Å²) in [6.07, 6.45) is 5.05. The van der Waals surface area contributed by atoms with Crippen LogP contribution in [0.3, 0.4) is 0 Å². The van der Waals surface area contributed by atoms with E-state index in [-0.39, 0.29) is 0 Å². The number of benzene rings is 3. The van der Waals surface area contributed by atoms with Crippen molar-refractivity contribution in [2.75, 3.05) is 4.90 Å². The van der Waals surface area contributed by atoms with E-state index in [9.17, 15) is 0 Å². The molecule has 0 unspecified atom stereocenters. The molecule has 0 fully saturated rings. The van der Waals surface area contributed by atoms with Gasteiger partial charge in [0.05, 0.1) is 0 Å². The summed E-state index contributed by atoms with van der Waals surface area (Å²) in [7, 11) is 0. The molecule has 0 atom stereocenters. The zero-order valence-corrected chi connectivity index (χ0v) is 18.9. The zero-order chi connectivity index (χ0) is 22.0. The van der Waals surface area contributed by atoms with Gasteiger partial charge in [0.25, 0.3) is 0 Å². The SMILES string of the molecule is C=CCc1[nH]c2ccc(N(c3ccc(C)cc3)c3ccc(C)cc3)cc2c1C=C(C)C. The molecular formula is C29H30N2. The maximum absolute atomic E-state index is 3.94. The number of aromatic nitrogens is 1. The zero-order valence-electron chi connectivity index (χ0n) is 18.9. The third-order valence-corrected chi connectivity index (χ3v) is 5.53. The molecule has 0 amide bonds. The normalized spacial score (nSPS) is 10.8. The second kappa shape index (κ2) is 8.69. The van der Waals surface area contributed by atoms with E-state index in [1.54, 1.807) is 0 Å². The third kappa shape index (κ3) is 4.34. The Kier molecular flexibility index (Phi) is 5.81. The van der Waals surface area contributed by atoms with E-state index in [0.717, 1.165) is 29.0 Å². The first kappa shape index (κ1) is 20.7. The average molecular weight is 407 g/mol. The molecule has 31 heavy (non-hydrogen) atoms. The van der Waals surface area contributed by atoms with Gasteiger partial charge >= 0.3 is 0 Å².